The van der Waals surface area contributed by atoms with Crippen molar-refractivity contribution in [1.82, 2.24) is 10.1 Å². The number of rotatable bonds is 2. The lowest BCUT2D eigenvalue weighted by Crippen LogP contribution is -2.07. The molecule has 1 aliphatic carbocycles. The van der Waals surface area contributed by atoms with E-state index < -0.39 is 0 Å². The minimum absolute atomic E-state index is 0.0369. The van der Waals surface area contributed by atoms with E-state index in [0.29, 0.717) is 17.9 Å². The third-order valence-corrected chi connectivity index (χ3v) is 3.94. The number of hydrogen-bond acceptors (Lipinski definition) is 4. The minimum atomic E-state index is 0.0369. The molecular formula is C13H20N2O2. The zero-order valence-electron chi connectivity index (χ0n) is 10.4. The highest BCUT2D eigenvalue weighted by Gasteiger charge is 2.29. The van der Waals surface area contributed by atoms with E-state index in [1.54, 1.807) is 0 Å². The van der Waals surface area contributed by atoms with Crippen molar-refractivity contribution in [3.63, 3.8) is 0 Å². The molecular weight excluding hydrogens is 216 g/mol. The first-order valence-corrected chi connectivity index (χ1v) is 6.82. The van der Waals surface area contributed by atoms with Crippen molar-refractivity contribution in [2.75, 3.05) is 0 Å². The molecule has 0 aromatic carbocycles. The molecule has 0 radical (unpaired) electrons. The van der Waals surface area contributed by atoms with Crippen LogP contribution in [0.2, 0.25) is 0 Å². The van der Waals surface area contributed by atoms with Gasteiger partial charge in [0.1, 0.15) is 6.10 Å². The van der Waals surface area contributed by atoms with E-state index in [1.807, 2.05) is 0 Å². The fourth-order valence-corrected chi connectivity index (χ4v) is 2.89. The van der Waals surface area contributed by atoms with E-state index in [0.717, 1.165) is 18.7 Å². The summed E-state index contributed by atoms with van der Waals surface area (Å²) >= 11 is 0. The molecule has 4 heteroatoms. The highest BCUT2D eigenvalue weighted by atomic mass is 16.5. The van der Waals surface area contributed by atoms with Crippen molar-refractivity contribution in [2.24, 2.45) is 0 Å². The lowest BCUT2D eigenvalue weighted by Gasteiger charge is -2.17. The molecule has 0 spiro atoms. The van der Waals surface area contributed by atoms with Crippen molar-refractivity contribution in [2.45, 2.75) is 70.0 Å². The summed E-state index contributed by atoms with van der Waals surface area (Å²) in [5, 5.41) is 4.14. The van der Waals surface area contributed by atoms with Crippen molar-refractivity contribution < 1.29 is 9.26 Å². The summed E-state index contributed by atoms with van der Waals surface area (Å²) in [7, 11) is 0. The molecule has 2 fully saturated rings. The largest absolute Gasteiger partial charge is 0.365 e. The Kier molecular flexibility index (Phi) is 3.14. The Bertz CT molecular complexity index is 352. The Morgan fingerprint density at radius 1 is 1.06 bits per heavy atom. The van der Waals surface area contributed by atoms with Gasteiger partial charge in [-0.15, -0.1) is 0 Å². The monoisotopic (exact) mass is 236 g/mol. The van der Waals surface area contributed by atoms with Crippen LogP contribution in [-0.2, 0) is 4.74 Å². The van der Waals surface area contributed by atoms with Gasteiger partial charge in [0.15, 0.2) is 5.82 Å². The molecule has 1 aliphatic heterocycles. The van der Waals surface area contributed by atoms with Gasteiger partial charge in [0.05, 0.1) is 6.10 Å². The van der Waals surface area contributed by atoms with Crippen LogP contribution >= 0.6 is 0 Å². The Balaban J connectivity index is 1.69. The molecule has 0 amide bonds. The molecule has 0 bridgehead atoms. The molecule has 4 nitrogen and oxygen atoms in total. The molecule has 1 saturated carbocycles. The fraction of sp³-hybridized carbons (Fsp3) is 0.846. The standard InChI is InChI=1S/C13H20N2O2/c1-9-7-8-11(16-9)13-14-12(15-17-13)10-5-3-2-4-6-10/h9-11H,2-8H2,1H3/t9-,11+/m1/s1. The third kappa shape index (κ3) is 2.37. The Morgan fingerprint density at radius 2 is 1.88 bits per heavy atom. The predicted octanol–water partition coefficient (Wildman–Crippen LogP) is 3.36. The molecule has 3 rings (SSSR count). The SMILES string of the molecule is C[C@@H]1CC[C@@H](c2nc(C3CCCCC3)no2)O1. The summed E-state index contributed by atoms with van der Waals surface area (Å²) in [4.78, 5) is 4.55. The van der Waals surface area contributed by atoms with Crippen molar-refractivity contribution in [1.29, 1.82) is 0 Å². The van der Waals surface area contributed by atoms with Crippen LogP contribution in [0, 0.1) is 0 Å². The maximum absolute atomic E-state index is 5.75. The maximum Gasteiger partial charge on any atom is 0.255 e. The van der Waals surface area contributed by atoms with E-state index in [9.17, 15) is 0 Å². The fourth-order valence-electron chi connectivity index (χ4n) is 2.89. The van der Waals surface area contributed by atoms with E-state index >= 15 is 0 Å². The van der Waals surface area contributed by atoms with Crippen molar-refractivity contribution >= 4 is 0 Å². The molecule has 2 aliphatic rings. The Labute approximate surface area is 102 Å². The summed E-state index contributed by atoms with van der Waals surface area (Å²) < 4.78 is 11.1. The first kappa shape index (κ1) is 11.2. The molecule has 1 aromatic heterocycles. The minimum Gasteiger partial charge on any atom is -0.365 e. The van der Waals surface area contributed by atoms with Crippen LogP contribution in [0.4, 0.5) is 0 Å². The molecule has 0 N–H and O–H groups in total. The van der Waals surface area contributed by atoms with Crippen molar-refractivity contribution in [3.05, 3.63) is 11.7 Å². The van der Waals surface area contributed by atoms with E-state index in [1.165, 1.54) is 32.1 Å². The zero-order chi connectivity index (χ0) is 11.7. The summed E-state index contributed by atoms with van der Waals surface area (Å²) in [6.07, 6.45) is 8.82. The molecule has 1 saturated heterocycles. The van der Waals surface area contributed by atoms with Crippen LogP contribution in [0.1, 0.15) is 75.6 Å². The first-order chi connectivity index (χ1) is 8.33. The molecule has 2 atom stereocenters. The molecule has 1 aromatic rings. The number of hydrogen-bond donors (Lipinski definition) is 0. The summed E-state index contributed by atoms with van der Waals surface area (Å²) in [5.74, 6) is 2.11. The molecule has 2 heterocycles. The van der Waals surface area contributed by atoms with Gasteiger partial charge >= 0.3 is 0 Å². The van der Waals surface area contributed by atoms with Crippen LogP contribution in [0.3, 0.4) is 0 Å². The van der Waals surface area contributed by atoms with Gasteiger partial charge in [-0.2, -0.15) is 4.98 Å². The third-order valence-electron chi connectivity index (χ3n) is 3.94. The van der Waals surface area contributed by atoms with Gasteiger partial charge < -0.3 is 9.26 Å². The average Bonchev–Trinajstić information content (AvgIpc) is 2.98. The van der Waals surface area contributed by atoms with E-state index in [4.69, 9.17) is 9.26 Å². The lowest BCUT2D eigenvalue weighted by molar-refractivity contribution is 0.0355. The van der Waals surface area contributed by atoms with Gasteiger partial charge in [-0.05, 0) is 32.6 Å². The van der Waals surface area contributed by atoms with Gasteiger partial charge in [0.2, 0.25) is 0 Å². The van der Waals surface area contributed by atoms with E-state index in [2.05, 4.69) is 17.1 Å². The number of aromatic nitrogens is 2. The predicted molar refractivity (Wildman–Crippen MR) is 62.6 cm³/mol. The van der Waals surface area contributed by atoms with Crippen molar-refractivity contribution in [3.8, 4) is 0 Å². The normalized spacial score (nSPS) is 30.9. The van der Waals surface area contributed by atoms with Gasteiger partial charge in [0, 0.05) is 5.92 Å². The lowest BCUT2D eigenvalue weighted by atomic mass is 9.89. The van der Waals surface area contributed by atoms with E-state index in [-0.39, 0.29) is 6.10 Å². The summed E-state index contributed by atoms with van der Waals surface area (Å²) in [6.45, 7) is 2.10. The second kappa shape index (κ2) is 4.77. The molecule has 94 valence electrons. The Morgan fingerprint density at radius 3 is 2.59 bits per heavy atom. The van der Waals surface area contributed by atoms with Crippen LogP contribution in [0.25, 0.3) is 0 Å². The van der Waals surface area contributed by atoms with Gasteiger partial charge in [0.25, 0.3) is 5.89 Å². The van der Waals surface area contributed by atoms with Crippen LogP contribution in [0.15, 0.2) is 4.52 Å². The quantitative estimate of drug-likeness (QED) is 0.790. The summed E-state index contributed by atoms with van der Waals surface area (Å²) in [5.41, 5.74) is 0. The maximum atomic E-state index is 5.75. The van der Waals surface area contributed by atoms with Crippen LogP contribution < -0.4 is 0 Å². The summed E-state index contributed by atoms with van der Waals surface area (Å²) in [6, 6.07) is 0. The Hall–Kier alpha value is -0.900. The van der Waals surface area contributed by atoms with Gasteiger partial charge in [-0.1, -0.05) is 24.4 Å². The van der Waals surface area contributed by atoms with Gasteiger partial charge in [-0.25, -0.2) is 0 Å². The second-order valence-electron chi connectivity index (χ2n) is 5.34. The van der Waals surface area contributed by atoms with Crippen LogP contribution in [0.5, 0.6) is 0 Å². The topological polar surface area (TPSA) is 48.2 Å². The second-order valence-corrected chi connectivity index (χ2v) is 5.34. The van der Waals surface area contributed by atoms with Crippen LogP contribution in [-0.4, -0.2) is 16.2 Å². The highest BCUT2D eigenvalue weighted by molar-refractivity contribution is 4.99. The smallest absolute Gasteiger partial charge is 0.255 e. The number of ether oxygens (including phenoxy) is 1. The average molecular weight is 236 g/mol. The molecule has 17 heavy (non-hydrogen) atoms. The van der Waals surface area contributed by atoms with Gasteiger partial charge in [-0.3, -0.25) is 0 Å². The highest BCUT2D eigenvalue weighted by Crippen LogP contribution is 2.34. The molecule has 0 unspecified atom stereocenters. The zero-order valence-corrected chi connectivity index (χ0v) is 10.4. The number of nitrogens with zero attached hydrogens (tertiary/aromatic N) is 2. The first-order valence-electron chi connectivity index (χ1n) is 6.82.